The van der Waals surface area contributed by atoms with Gasteiger partial charge in [0.2, 0.25) is 0 Å². The summed E-state index contributed by atoms with van der Waals surface area (Å²) in [5, 5.41) is 1.02. The van der Waals surface area contributed by atoms with E-state index in [0.717, 1.165) is 22.1 Å². The summed E-state index contributed by atoms with van der Waals surface area (Å²) in [7, 11) is -1.01. The van der Waals surface area contributed by atoms with E-state index in [1.54, 1.807) is 6.33 Å². The Bertz CT molecular complexity index is 536. The Balaban J connectivity index is 2.00. The fourth-order valence-electron chi connectivity index (χ4n) is 1.63. The van der Waals surface area contributed by atoms with Gasteiger partial charge in [0.05, 0.1) is 5.39 Å². The first kappa shape index (κ1) is 13.7. The van der Waals surface area contributed by atoms with E-state index in [1.165, 1.54) is 6.04 Å². The van der Waals surface area contributed by atoms with E-state index in [2.05, 4.69) is 45.5 Å². The van der Waals surface area contributed by atoms with Crippen LogP contribution in [0.25, 0.3) is 11.0 Å². The maximum Gasteiger partial charge on any atom is 0.146 e. The van der Waals surface area contributed by atoms with Gasteiger partial charge in [-0.3, -0.25) is 0 Å². The standard InChI is InChI=1S/C12H18BrN3OSi/c1-18(2,3)5-4-17-9-16-7-11(13)10-6-14-8-15-12(10)16/h6-8H,4-5,9H2,1-3H3. The molecule has 0 aromatic carbocycles. The van der Waals surface area contributed by atoms with E-state index >= 15 is 0 Å². The third-order valence-electron chi connectivity index (χ3n) is 2.72. The van der Waals surface area contributed by atoms with Crippen molar-refractivity contribution in [3.63, 3.8) is 0 Å². The molecule has 6 heteroatoms. The number of nitrogens with zero attached hydrogens (tertiary/aromatic N) is 3. The molecule has 0 radical (unpaired) electrons. The number of halogens is 1. The van der Waals surface area contributed by atoms with Crippen molar-refractivity contribution in [2.45, 2.75) is 32.4 Å². The van der Waals surface area contributed by atoms with Gasteiger partial charge in [0.1, 0.15) is 18.7 Å². The third kappa shape index (κ3) is 3.40. The molecule has 0 bridgehead atoms. The first-order chi connectivity index (χ1) is 8.47. The van der Waals surface area contributed by atoms with E-state index in [1.807, 2.05) is 17.0 Å². The van der Waals surface area contributed by atoms with Crippen LogP contribution in [0.15, 0.2) is 23.2 Å². The topological polar surface area (TPSA) is 39.9 Å². The molecule has 0 N–H and O–H groups in total. The molecule has 2 rings (SSSR count). The minimum atomic E-state index is -1.01. The molecular formula is C12H18BrN3OSi. The van der Waals surface area contributed by atoms with Crippen LogP contribution in [-0.2, 0) is 11.5 Å². The SMILES string of the molecule is C[Si](C)(C)CCOCn1cc(Br)c2cncnc21. The van der Waals surface area contributed by atoms with Crippen LogP contribution in [0.4, 0.5) is 0 Å². The summed E-state index contributed by atoms with van der Waals surface area (Å²) in [5.74, 6) is 0. The largest absolute Gasteiger partial charge is 0.361 e. The molecule has 0 unspecified atom stereocenters. The van der Waals surface area contributed by atoms with Gasteiger partial charge in [-0.2, -0.15) is 0 Å². The van der Waals surface area contributed by atoms with E-state index in [0.29, 0.717) is 6.73 Å². The maximum absolute atomic E-state index is 5.73. The Hall–Kier alpha value is -0.723. The van der Waals surface area contributed by atoms with Gasteiger partial charge in [-0.25, -0.2) is 9.97 Å². The zero-order chi connectivity index (χ0) is 13.2. The maximum atomic E-state index is 5.73. The summed E-state index contributed by atoms with van der Waals surface area (Å²) < 4.78 is 8.75. The first-order valence-electron chi connectivity index (χ1n) is 5.99. The summed E-state index contributed by atoms with van der Waals surface area (Å²) in [6.07, 6.45) is 5.37. The smallest absolute Gasteiger partial charge is 0.146 e. The average molecular weight is 328 g/mol. The van der Waals surface area contributed by atoms with Crippen LogP contribution in [0.1, 0.15) is 0 Å². The Morgan fingerprint density at radius 2 is 2.17 bits per heavy atom. The average Bonchev–Trinajstić information content (AvgIpc) is 2.62. The van der Waals surface area contributed by atoms with Gasteiger partial charge in [-0.15, -0.1) is 0 Å². The molecule has 0 aliphatic carbocycles. The Morgan fingerprint density at radius 1 is 1.39 bits per heavy atom. The predicted octanol–water partition coefficient (Wildman–Crippen LogP) is 3.51. The molecule has 2 aromatic heterocycles. The van der Waals surface area contributed by atoms with Crippen molar-refractivity contribution >= 4 is 35.0 Å². The first-order valence-corrected chi connectivity index (χ1v) is 10.5. The number of fused-ring (bicyclic) bond motifs is 1. The van der Waals surface area contributed by atoms with Gasteiger partial charge in [0.15, 0.2) is 0 Å². The number of hydrogen-bond acceptors (Lipinski definition) is 3. The van der Waals surface area contributed by atoms with Crippen molar-refractivity contribution in [3.8, 4) is 0 Å². The fraction of sp³-hybridized carbons (Fsp3) is 0.500. The quantitative estimate of drug-likeness (QED) is 0.623. The molecule has 0 aliphatic rings. The number of hydrogen-bond donors (Lipinski definition) is 0. The molecule has 0 fully saturated rings. The van der Waals surface area contributed by atoms with Gasteiger partial charge in [0, 0.05) is 31.5 Å². The molecule has 2 heterocycles. The van der Waals surface area contributed by atoms with E-state index in [-0.39, 0.29) is 0 Å². The molecule has 0 saturated carbocycles. The zero-order valence-electron chi connectivity index (χ0n) is 11.0. The molecule has 4 nitrogen and oxygen atoms in total. The van der Waals surface area contributed by atoms with Crippen LogP contribution in [0.5, 0.6) is 0 Å². The highest BCUT2D eigenvalue weighted by atomic mass is 79.9. The summed E-state index contributed by atoms with van der Waals surface area (Å²) in [4.78, 5) is 8.31. The summed E-state index contributed by atoms with van der Waals surface area (Å²) in [6, 6.07) is 1.18. The van der Waals surface area contributed by atoms with Gasteiger partial charge in [-0.1, -0.05) is 19.6 Å². The second-order valence-corrected chi connectivity index (χ2v) is 12.0. The molecule has 0 saturated heterocycles. The molecule has 0 atom stereocenters. The predicted molar refractivity (Wildman–Crippen MR) is 79.3 cm³/mol. The lowest BCUT2D eigenvalue weighted by Crippen LogP contribution is -2.22. The Kier molecular flexibility index (Phi) is 4.19. The van der Waals surface area contributed by atoms with Crippen molar-refractivity contribution < 1.29 is 4.74 Å². The molecule has 0 spiro atoms. The van der Waals surface area contributed by atoms with Crippen LogP contribution in [-0.4, -0.2) is 29.2 Å². The Labute approximate surface area is 117 Å². The highest BCUT2D eigenvalue weighted by Gasteiger charge is 2.12. The second kappa shape index (κ2) is 5.50. The fourth-order valence-corrected chi connectivity index (χ4v) is 2.91. The van der Waals surface area contributed by atoms with Gasteiger partial charge < -0.3 is 9.30 Å². The summed E-state index contributed by atoms with van der Waals surface area (Å²) in [5.41, 5.74) is 0.907. The summed E-state index contributed by atoms with van der Waals surface area (Å²) >= 11 is 3.51. The van der Waals surface area contributed by atoms with E-state index in [4.69, 9.17) is 4.74 Å². The number of rotatable bonds is 5. The van der Waals surface area contributed by atoms with Crippen LogP contribution < -0.4 is 0 Å². The van der Waals surface area contributed by atoms with Crippen LogP contribution in [0, 0.1) is 0 Å². The molecule has 2 aromatic rings. The van der Waals surface area contributed by atoms with E-state index < -0.39 is 8.07 Å². The van der Waals surface area contributed by atoms with Crippen molar-refractivity contribution in [1.29, 1.82) is 0 Å². The van der Waals surface area contributed by atoms with Gasteiger partial charge in [0.25, 0.3) is 0 Å². The highest BCUT2D eigenvalue weighted by molar-refractivity contribution is 9.10. The van der Waals surface area contributed by atoms with Crippen molar-refractivity contribution in [3.05, 3.63) is 23.2 Å². The number of aromatic nitrogens is 3. The molecule has 0 aliphatic heterocycles. The monoisotopic (exact) mass is 327 g/mol. The normalized spacial score (nSPS) is 12.2. The van der Waals surface area contributed by atoms with Crippen LogP contribution in [0.2, 0.25) is 25.7 Å². The number of ether oxygens (including phenoxy) is 1. The van der Waals surface area contributed by atoms with Crippen molar-refractivity contribution in [2.24, 2.45) is 0 Å². The lowest BCUT2D eigenvalue weighted by atomic mass is 10.4. The van der Waals surface area contributed by atoms with Crippen molar-refractivity contribution in [1.82, 2.24) is 14.5 Å². The zero-order valence-corrected chi connectivity index (χ0v) is 13.6. The lowest BCUT2D eigenvalue weighted by Gasteiger charge is -2.15. The summed E-state index contributed by atoms with van der Waals surface area (Å²) in [6.45, 7) is 8.42. The Morgan fingerprint density at radius 3 is 2.89 bits per heavy atom. The van der Waals surface area contributed by atoms with Gasteiger partial charge in [-0.05, 0) is 22.0 Å². The molecule has 18 heavy (non-hydrogen) atoms. The van der Waals surface area contributed by atoms with Crippen LogP contribution in [0.3, 0.4) is 0 Å². The molecule has 98 valence electrons. The third-order valence-corrected chi connectivity index (χ3v) is 5.05. The second-order valence-electron chi connectivity index (χ2n) is 5.55. The minimum absolute atomic E-state index is 0.545. The molecular weight excluding hydrogens is 310 g/mol. The van der Waals surface area contributed by atoms with Crippen LogP contribution >= 0.6 is 15.9 Å². The van der Waals surface area contributed by atoms with E-state index in [9.17, 15) is 0 Å². The van der Waals surface area contributed by atoms with Gasteiger partial charge >= 0.3 is 0 Å². The minimum Gasteiger partial charge on any atom is -0.361 e. The highest BCUT2D eigenvalue weighted by Crippen LogP contribution is 2.23. The lowest BCUT2D eigenvalue weighted by molar-refractivity contribution is 0.0898. The van der Waals surface area contributed by atoms with Crippen molar-refractivity contribution in [2.75, 3.05) is 6.61 Å². The molecule has 0 amide bonds.